The molecule has 0 unspecified atom stereocenters. The number of ether oxygens (including phenoxy) is 1. The number of benzene rings is 2. The lowest BCUT2D eigenvalue weighted by Crippen LogP contribution is -2.23. The van der Waals surface area contributed by atoms with Gasteiger partial charge in [-0.2, -0.15) is 0 Å². The van der Waals surface area contributed by atoms with Crippen molar-refractivity contribution in [3.8, 4) is 5.75 Å². The van der Waals surface area contributed by atoms with Crippen LogP contribution in [0, 0.1) is 0 Å². The first-order valence-corrected chi connectivity index (χ1v) is 7.17. The van der Waals surface area contributed by atoms with Gasteiger partial charge in [0.15, 0.2) is 0 Å². The monoisotopic (exact) mass is 336 g/mol. The third kappa shape index (κ3) is 4.69. The second-order valence-corrected chi connectivity index (χ2v) is 5.18. The standard InChI is InChI=1S/C16H14Cl2N2O2/c1-22-13-4-2-3-11(9-13)7-8-19-16(21)20-15-10-12(17)5-6-14(15)18/h2-10H,1H3,(H2,19,20,21)/b8-7+. The molecule has 4 nitrogen and oxygen atoms in total. The Bertz CT molecular complexity index is 702. The van der Waals surface area contributed by atoms with Crippen LogP contribution in [0.1, 0.15) is 5.56 Å². The van der Waals surface area contributed by atoms with Crippen molar-refractivity contribution < 1.29 is 9.53 Å². The number of anilines is 1. The Morgan fingerprint density at radius 1 is 1.18 bits per heavy atom. The molecule has 0 radical (unpaired) electrons. The minimum absolute atomic E-state index is 0.413. The molecule has 0 fully saturated rings. The minimum Gasteiger partial charge on any atom is -0.497 e. The molecule has 2 aromatic carbocycles. The molecule has 0 bridgehead atoms. The highest BCUT2D eigenvalue weighted by Crippen LogP contribution is 2.25. The summed E-state index contributed by atoms with van der Waals surface area (Å²) in [4.78, 5) is 11.8. The number of rotatable bonds is 4. The first kappa shape index (κ1) is 16.2. The summed E-state index contributed by atoms with van der Waals surface area (Å²) in [5, 5.41) is 6.11. The van der Waals surface area contributed by atoms with Crippen molar-refractivity contribution in [2.24, 2.45) is 0 Å². The topological polar surface area (TPSA) is 50.4 Å². The van der Waals surface area contributed by atoms with Gasteiger partial charge in [-0.3, -0.25) is 0 Å². The molecule has 0 aromatic heterocycles. The zero-order valence-corrected chi connectivity index (χ0v) is 13.3. The molecule has 0 saturated carbocycles. The molecule has 0 atom stereocenters. The Hall–Kier alpha value is -2.17. The van der Waals surface area contributed by atoms with Crippen LogP contribution in [-0.2, 0) is 0 Å². The van der Waals surface area contributed by atoms with Crippen LogP contribution in [0.25, 0.3) is 6.08 Å². The van der Waals surface area contributed by atoms with Crippen molar-refractivity contribution in [1.82, 2.24) is 5.32 Å². The van der Waals surface area contributed by atoms with E-state index in [1.807, 2.05) is 24.3 Å². The summed E-state index contributed by atoms with van der Waals surface area (Å²) in [6, 6.07) is 11.9. The highest BCUT2D eigenvalue weighted by atomic mass is 35.5. The predicted molar refractivity (Wildman–Crippen MR) is 90.6 cm³/mol. The first-order valence-electron chi connectivity index (χ1n) is 6.41. The van der Waals surface area contributed by atoms with Crippen LogP contribution >= 0.6 is 23.2 Å². The second kappa shape index (κ2) is 7.73. The Morgan fingerprint density at radius 3 is 2.77 bits per heavy atom. The Labute approximate surface area is 138 Å². The van der Waals surface area contributed by atoms with Crippen LogP contribution in [0.3, 0.4) is 0 Å². The zero-order chi connectivity index (χ0) is 15.9. The molecule has 114 valence electrons. The van der Waals surface area contributed by atoms with Crippen LogP contribution < -0.4 is 15.4 Å². The quantitative estimate of drug-likeness (QED) is 0.842. The molecule has 22 heavy (non-hydrogen) atoms. The van der Waals surface area contributed by atoms with Crippen molar-refractivity contribution in [2.75, 3.05) is 12.4 Å². The average molecular weight is 337 g/mol. The smallest absolute Gasteiger partial charge is 0.323 e. The summed E-state index contributed by atoms with van der Waals surface area (Å²) >= 11 is 11.8. The van der Waals surface area contributed by atoms with E-state index < -0.39 is 6.03 Å². The fraction of sp³-hybridized carbons (Fsp3) is 0.0625. The number of methoxy groups -OCH3 is 1. The van der Waals surface area contributed by atoms with Gasteiger partial charge in [0.2, 0.25) is 0 Å². The zero-order valence-electron chi connectivity index (χ0n) is 11.8. The fourth-order valence-corrected chi connectivity index (χ4v) is 2.05. The fourth-order valence-electron chi connectivity index (χ4n) is 1.71. The molecule has 0 aliphatic carbocycles. The van der Waals surface area contributed by atoms with Gasteiger partial charge in [0.25, 0.3) is 0 Å². The number of carbonyl (C=O) groups is 1. The predicted octanol–water partition coefficient (Wildman–Crippen LogP) is 4.79. The van der Waals surface area contributed by atoms with Gasteiger partial charge in [-0.05, 0) is 42.0 Å². The van der Waals surface area contributed by atoms with Crippen molar-refractivity contribution in [2.45, 2.75) is 0 Å². The number of carbonyl (C=O) groups excluding carboxylic acids is 1. The van der Waals surface area contributed by atoms with Crippen LogP contribution in [0.15, 0.2) is 48.7 Å². The Balaban J connectivity index is 1.94. The van der Waals surface area contributed by atoms with Gasteiger partial charge in [0, 0.05) is 11.2 Å². The van der Waals surface area contributed by atoms with Gasteiger partial charge in [-0.15, -0.1) is 0 Å². The highest BCUT2D eigenvalue weighted by molar-refractivity contribution is 6.35. The molecular weight excluding hydrogens is 323 g/mol. The number of amides is 2. The maximum Gasteiger partial charge on any atom is 0.323 e. The normalized spacial score (nSPS) is 10.5. The molecule has 2 N–H and O–H groups in total. The Morgan fingerprint density at radius 2 is 2.00 bits per heavy atom. The molecule has 0 spiro atoms. The lowest BCUT2D eigenvalue weighted by atomic mass is 10.2. The average Bonchev–Trinajstić information content (AvgIpc) is 2.51. The molecule has 0 aliphatic rings. The lowest BCUT2D eigenvalue weighted by Gasteiger charge is -2.07. The summed E-state index contributed by atoms with van der Waals surface area (Å²) in [6.07, 6.45) is 3.28. The minimum atomic E-state index is -0.414. The van der Waals surface area contributed by atoms with Crippen LogP contribution in [0.5, 0.6) is 5.75 Å². The molecule has 0 aliphatic heterocycles. The lowest BCUT2D eigenvalue weighted by molar-refractivity contribution is 0.255. The van der Waals surface area contributed by atoms with E-state index in [0.29, 0.717) is 15.7 Å². The number of hydrogen-bond donors (Lipinski definition) is 2. The van der Waals surface area contributed by atoms with E-state index in [4.69, 9.17) is 27.9 Å². The van der Waals surface area contributed by atoms with Crippen LogP contribution in [0.2, 0.25) is 10.0 Å². The third-order valence-corrected chi connectivity index (χ3v) is 3.33. The molecule has 6 heteroatoms. The van der Waals surface area contributed by atoms with Gasteiger partial charge >= 0.3 is 6.03 Å². The molecular formula is C16H14Cl2N2O2. The molecule has 2 amide bonds. The summed E-state index contributed by atoms with van der Waals surface area (Å²) in [5.74, 6) is 0.748. The maximum atomic E-state index is 11.8. The molecule has 2 aromatic rings. The van der Waals surface area contributed by atoms with Gasteiger partial charge in [0.1, 0.15) is 5.75 Å². The van der Waals surface area contributed by atoms with Gasteiger partial charge in [-0.25, -0.2) is 4.79 Å². The third-order valence-electron chi connectivity index (χ3n) is 2.76. The highest BCUT2D eigenvalue weighted by Gasteiger charge is 2.04. The summed E-state index contributed by atoms with van der Waals surface area (Å²) in [7, 11) is 1.60. The van der Waals surface area contributed by atoms with Crippen molar-refractivity contribution in [3.63, 3.8) is 0 Å². The van der Waals surface area contributed by atoms with E-state index in [9.17, 15) is 4.79 Å². The van der Waals surface area contributed by atoms with E-state index in [0.717, 1.165) is 11.3 Å². The molecule has 0 heterocycles. The number of halogens is 2. The number of nitrogens with one attached hydrogen (secondary N) is 2. The van der Waals surface area contributed by atoms with Gasteiger partial charge in [0.05, 0.1) is 17.8 Å². The van der Waals surface area contributed by atoms with Crippen LogP contribution in [0.4, 0.5) is 10.5 Å². The summed E-state index contributed by atoms with van der Waals surface area (Å²) in [6.45, 7) is 0. The first-order chi connectivity index (χ1) is 10.6. The number of urea groups is 1. The van der Waals surface area contributed by atoms with E-state index in [2.05, 4.69) is 10.6 Å². The van der Waals surface area contributed by atoms with E-state index in [-0.39, 0.29) is 0 Å². The van der Waals surface area contributed by atoms with Gasteiger partial charge < -0.3 is 15.4 Å². The summed E-state index contributed by atoms with van der Waals surface area (Å²) < 4.78 is 5.12. The molecule has 0 saturated heterocycles. The van der Waals surface area contributed by atoms with E-state index in [1.165, 1.54) is 6.20 Å². The maximum absolute atomic E-state index is 11.8. The number of hydrogen-bond acceptors (Lipinski definition) is 2. The summed E-state index contributed by atoms with van der Waals surface area (Å²) in [5.41, 5.74) is 1.35. The van der Waals surface area contributed by atoms with Gasteiger partial charge in [-0.1, -0.05) is 35.3 Å². The second-order valence-electron chi connectivity index (χ2n) is 4.33. The SMILES string of the molecule is COc1cccc(/C=C/NC(=O)Nc2cc(Cl)ccc2Cl)c1. The Kier molecular flexibility index (Phi) is 5.69. The van der Waals surface area contributed by atoms with E-state index >= 15 is 0 Å². The van der Waals surface area contributed by atoms with Crippen molar-refractivity contribution in [1.29, 1.82) is 0 Å². The van der Waals surface area contributed by atoms with Crippen LogP contribution in [-0.4, -0.2) is 13.1 Å². The van der Waals surface area contributed by atoms with Crippen molar-refractivity contribution in [3.05, 3.63) is 64.3 Å². The molecule has 2 rings (SSSR count). The van der Waals surface area contributed by atoms with E-state index in [1.54, 1.807) is 31.4 Å². The van der Waals surface area contributed by atoms with Crippen molar-refractivity contribution >= 4 is 41.0 Å². The largest absolute Gasteiger partial charge is 0.497 e.